The van der Waals surface area contributed by atoms with E-state index in [2.05, 4.69) is 5.10 Å². The Hall–Kier alpha value is -2.14. The Morgan fingerprint density at radius 1 is 1.35 bits per heavy atom. The topological polar surface area (TPSA) is 57.3 Å². The maximum absolute atomic E-state index is 12.1. The number of ether oxygens (including phenoxy) is 1. The monoisotopic (exact) mass is 272 g/mol. The second-order valence-corrected chi connectivity index (χ2v) is 4.61. The lowest BCUT2D eigenvalue weighted by molar-refractivity contribution is 0.136. The number of hydrogen-bond donors (Lipinski definition) is 0. The van der Waals surface area contributed by atoms with Crippen molar-refractivity contribution in [2.75, 3.05) is 13.2 Å². The molecular weight excluding hydrogens is 256 g/mol. The van der Waals surface area contributed by atoms with Crippen molar-refractivity contribution >= 4 is 21.9 Å². The van der Waals surface area contributed by atoms with Gasteiger partial charge in [-0.25, -0.2) is 4.79 Å². The molecule has 0 bridgehead atoms. The Bertz CT molecular complexity index is 817. The van der Waals surface area contributed by atoms with Gasteiger partial charge in [-0.3, -0.25) is 4.68 Å². The predicted octanol–water partition coefficient (Wildman–Crippen LogP) is 2.49. The minimum absolute atomic E-state index is 0.334. The normalized spacial score (nSPS) is 11.5. The van der Waals surface area contributed by atoms with Crippen LogP contribution in [-0.2, 0) is 11.3 Å². The largest absolute Gasteiger partial charge is 0.422 e. The van der Waals surface area contributed by atoms with E-state index >= 15 is 0 Å². The summed E-state index contributed by atoms with van der Waals surface area (Å²) in [7, 11) is 0. The summed E-state index contributed by atoms with van der Waals surface area (Å²) >= 11 is 0. The first-order valence-electron chi connectivity index (χ1n) is 6.69. The van der Waals surface area contributed by atoms with E-state index in [9.17, 15) is 4.79 Å². The zero-order chi connectivity index (χ0) is 14.1. The highest BCUT2D eigenvalue weighted by Crippen LogP contribution is 2.23. The SMILES string of the molecule is CCOCCn1nc2c(c1C)c(=O)oc1ccccc12. The molecule has 5 nitrogen and oxygen atoms in total. The molecule has 3 rings (SSSR count). The molecule has 3 aromatic rings. The van der Waals surface area contributed by atoms with Crippen LogP contribution in [0.2, 0.25) is 0 Å². The van der Waals surface area contributed by atoms with Gasteiger partial charge in [-0.2, -0.15) is 5.10 Å². The van der Waals surface area contributed by atoms with Crippen LogP contribution >= 0.6 is 0 Å². The van der Waals surface area contributed by atoms with E-state index in [0.717, 1.165) is 11.1 Å². The first-order valence-corrected chi connectivity index (χ1v) is 6.69. The number of aryl methyl sites for hydroxylation is 1. The van der Waals surface area contributed by atoms with E-state index in [1.807, 2.05) is 36.7 Å². The Kier molecular flexibility index (Phi) is 3.28. The molecule has 5 heteroatoms. The van der Waals surface area contributed by atoms with Crippen LogP contribution in [0.5, 0.6) is 0 Å². The van der Waals surface area contributed by atoms with Crippen molar-refractivity contribution in [3.63, 3.8) is 0 Å². The smallest absolute Gasteiger partial charge is 0.347 e. The van der Waals surface area contributed by atoms with E-state index in [-0.39, 0.29) is 5.63 Å². The predicted molar refractivity (Wildman–Crippen MR) is 77.0 cm³/mol. The Labute approximate surface area is 115 Å². The zero-order valence-corrected chi connectivity index (χ0v) is 11.5. The molecule has 20 heavy (non-hydrogen) atoms. The fourth-order valence-corrected chi connectivity index (χ4v) is 2.39. The molecule has 0 unspecified atom stereocenters. The van der Waals surface area contributed by atoms with Gasteiger partial charge in [0, 0.05) is 12.0 Å². The van der Waals surface area contributed by atoms with Gasteiger partial charge in [0.05, 0.1) is 18.8 Å². The number of hydrogen-bond acceptors (Lipinski definition) is 4. The summed E-state index contributed by atoms with van der Waals surface area (Å²) in [6, 6.07) is 7.46. The summed E-state index contributed by atoms with van der Waals surface area (Å²) in [6.45, 7) is 5.71. The summed E-state index contributed by atoms with van der Waals surface area (Å²) in [5.41, 5.74) is 1.75. The van der Waals surface area contributed by atoms with Gasteiger partial charge in [-0.05, 0) is 26.0 Å². The van der Waals surface area contributed by atoms with Crippen molar-refractivity contribution in [2.45, 2.75) is 20.4 Å². The van der Waals surface area contributed by atoms with Crippen molar-refractivity contribution in [1.29, 1.82) is 0 Å². The molecule has 0 saturated carbocycles. The Morgan fingerprint density at radius 3 is 2.95 bits per heavy atom. The van der Waals surface area contributed by atoms with E-state index in [1.165, 1.54) is 0 Å². The molecule has 0 saturated heterocycles. The molecule has 0 radical (unpaired) electrons. The molecule has 0 aliphatic carbocycles. The highest BCUT2D eigenvalue weighted by molar-refractivity contribution is 6.02. The molecule has 0 aliphatic heterocycles. The number of rotatable bonds is 4. The van der Waals surface area contributed by atoms with Crippen LogP contribution in [0.25, 0.3) is 21.9 Å². The van der Waals surface area contributed by atoms with Crippen molar-refractivity contribution in [3.05, 3.63) is 40.4 Å². The van der Waals surface area contributed by atoms with Crippen LogP contribution in [-0.4, -0.2) is 23.0 Å². The third-order valence-corrected chi connectivity index (χ3v) is 3.41. The van der Waals surface area contributed by atoms with Gasteiger partial charge in [-0.15, -0.1) is 0 Å². The lowest BCUT2D eigenvalue weighted by Crippen LogP contribution is -2.09. The first-order chi connectivity index (χ1) is 9.72. The molecule has 0 fully saturated rings. The van der Waals surface area contributed by atoms with Crippen LogP contribution in [0.1, 0.15) is 12.6 Å². The summed E-state index contributed by atoms with van der Waals surface area (Å²) in [4.78, 5) is 12.1. The van der Waals surface area contributed by atoms with E-state index in [0.29, 0.717) is 36.2 Å². The maximum atomic E-state index is 12.1. The minimum Gasteiger partial charge on any atom is -0.422 e. The van der Waals surface area contributed by atoms with Gasteiger partial charge < -0.3 is 9.15 Å². The second-order valence-electron chi connectivity index (χ2n) is 4.61. The van der Waals surface area contributed by atoms with Crippen molar-refractivity contribution in [1.82, 2.24) is 9.78 Å². The highest BCUT2D eigenvalue weighted by atomic mass is 16.5. The lowest BCUT2D eigenvalue weighted by Gasteiger charge is -2.03. The van der Waals surface area contributed by atoms with Gasteiger partial charge in [-0.1, -0.05) is 12.1 Å². The summed E-state index contributed by atoms with van der Waals surface area (Å²) < 4.78 is 12.5. The number of aromatic nitrogens is 2. The first kappa shape index (κ1) is 12.9. The van der Waals surface area contributed by atoms with Gasteiger partial charge in [0.1, 0.15) is 16.5 Å². The van der Waals surface area contributed by atoms with Crippen LogP contribution < -0.4 is 5.63 Å². The molecular formula is C15H16N2O3. The van der Waals surface area contributed by atoms with E-state index in [1.54, 1.807) is 6.07 Å². The molecule has 0 amide bonds. The number of para-hydroxylation sites is 1. The average molecular weight is 272 g/mol. The van der Waals surface area contributed by atoms with Crippen molar-refractivity contribution in [3.8, 4) is 0 Å². The summed E-state index contributed by atoms with van der Waals surface area (Å²) in [5.74, 6) is 0. The van der Waals surface area contributed by atoms with Crippen LogP contribution in [0, 0.1) is 6.92 Å². The minimum atomic E-state index is -0.334. The zero-order valence-electron chi connectivity index (χ0n) is 11.5. The molecule has 0 spiro atoms. The summed E-state index contributed by atoms with van der Waals surface area (Å²) in [5, 5.41) is 5.97. The average Bonchev–Trinajstić information content (AvgIpc) is 2.78. The third-order valence-electron chi connectivity index (χ3n) is 3.41. The van der Waals surface area contributed by atoms with Gasteiger partial charge >= 0.3 is 5.63 Å². The van der Waals surface area contributed by atoms with Gasteiger partial charge in [0.15, 0.2) is 0 Å². The van der Waals surface area contributed by atoms with E-state index in [4.69, 9.17) is 9.15 Å². The molecule has 0 atom stereocenters. The molecule has 0 aliphatic rings. The third kappa shape index (κ3) is 2.00. The Morgan fingerprint density at radius 2 is 2.15 bits per heavy atom. The molecule has 104 valence electrons. The molecule has 0 N–H and O–H groups in total. The van der Waals surface area contributed by atoms with Crippen LogP contribution in [0.15, 0.2) is 33.5 Å². The fourth-order valence-electron chi connectivity index (χ4n) is 2.39. The summed E-state index contributed by atoms with van der Waals surface area (Å²) in [6.07, 6.45) is 0. The molecule has 2 heterocycles. The number of fused-ring (bicyclic) bond motifs is 3. The standard InChI is InChI=1S/C15H16N2O3/c1-3-19-9-8-17-10(2)13-14(16-17)11-6-4-5-7-12(11)20-15(13)18/h4-7H,3,8-9H2,1-2H3. The van der Waals surface area contributed by atoms with Gasteiger partial charge in [0.2, 0.25) is 0 Å². The molecule has 1 aromatic carbocycles. The highest BCUT2D eigenvalue weighted by Gasteiger charge is 2.15. The maximum Gasteiger partial charge on any atom is 0.347 e. The van der Waals surface area contributed by atoms with E-state index < -0.39 is 0 Å². The van der Waals surface area contributed by atoms with Crippen molar-refractivity contribution < 1.29 is 9.15 Å². The lowest BCUT2D eigenvalue weighted by atomic mass is 10.2. The van der Waals surface area contributed by atoms with Crippen LogP contribution in [0.3, 0.4) is 0 Å². The van der Waals surface area contributed by atoms with Crippen molar-refractivity contribution in [2.24, 2.45) is 0 Å². The second kappa shape index (κ2) is 5.09. The molecule has 2 aromatic heterocycles. The number of benzene rings is 1. The van der Waals surface area contributed by atoms with Gasteiger partial charge in [0.25, 0.3) is 0 Å². The van der Waals surface area contributed by atoms with Crippen LogP contribution in [0.4, 0.5) is 0 Å². The Balaban J connectivity index is 2.21. The quantitative estimate of drug-likeness (QED) is 0.541. The fraction of sp³-hybridized carbons (Fsp3) is 0.333. The number of nitrogens with zero attached hydrogens (tertiary/aromatic N) is 2.